The molecule has 0 spiro atoms. The number of carbonyl (C=O) groups is 1. The molecule has 0 saturated heterocycles. The maximum atomic E-state index is 13.3. The van der Waals surface area contributed by atoms with E-state index in [1.54, 1.807) is 6.07 Å². The smallest absolute Gasteiger partial charge is 0.274 e. The lowest BCUT2D eigenvalue weighted by molar-refractivity contribution is 0.0927. The monoisotopic (exact) mass is 403 g/mol. The number of fused-ring (bicyclic) bond motifs is 2. The number of aryl methyl sites for hydroxylation is 2. The van der Waals surface area contributed by atoms with Crippen LogP contribution in [0.2, 0.25) is 0 Å². The minimum Gasteiger partial charge on any atom is -0.344 e. The van der Waals surface area contributed by atoms with Crippen molar-refractivity contribution >= 4 is 16.7 Å². The number of nitrogens with one attached hydrogen (secondary N) is 1. The van der Waals surface area contributed by atoms with Gasteiger partial charge in [0.25, 0.3) is 11.5 Å². The Balaban J connectivity index is 1.65. The Bertz CT molecular complexity index is 1100. The zero-order valence-corrected chi connectivity index (χ0v) is 17.6. The highest BCUT2D eigenvalue weighted by Crippen LogP contribution is 2.29. The normalized spacial score (nSPS) is 15.7. The van der Waals surface area contributed by atoms with Gasteiger partial charge in [-0.2, -0.15) is 5.10 Å². The Kier molecular flexibility index (Phi) is 6.26. The number of hydrogen-bond acceptors (Lipinski definition) is 3. The van der Waals surface area contributed by atoms with E-state index in [1.165, 1.54) is 15.8 Å². The zero-order chi connectivity index (χ0) is 20.9. The van der Waals surface area contributed by atoms with Gasteiger partial charge in [0.1, 0.15) is 0 Å². The number of carbonyl (C=O) groups excluding carboxylic acids is 1. The van der Waals surface area contributed by atoms with Crippen LogP contribution in [0.5, 0.6) is 0 Å². The molecular weight excluding hydrogens is 374 g/mol. The van der Waals surface area contributed by atoms with Crippen LogP contribution in [0, 0.1) is 0 Å². The van der Waals surface area contributed by atoms with E-state index in [-0.39, 0.29) is 17.5 Å². The molecule has 156 valence electrons. The van der Waals surface area contributed by atoms with E-state index in [2.05, 4.69) is 29.5 Å². The summed E-state index contributed by atoms with van der Waals surface area (Å²) < 4.78 is 1.47. The number of nitrogens with zero attached hydrogens (tertiary/aromatic N) is 2. The topological polar surface area (TPSA) is 64.0 Å². The van der Waals surface area contributed by atoms with Crippen molar-refractivity contribution in [3.63, 3.8) is 0 Å². The van der Waals surface area contributed by atoms with Gasteiger partial charge in [0.15, 0.2) is 5.69 Å². The van der Waals surface area contributed by atoms with Gasteiger partial charge in [-0.1, -0.05) is 68.7 Å². The minimum atomic E-state index is -0.213. The second-order valence-electron chi connectivity index (χ2n) is 8.10. The van der Waals surface area contributed by atoms with Crippen LogP contribution in [0.4, 0.5) is 0 Å². The number of amides is 1. The highest BCUT2D eigenvalue weighted by atomic mass is 16.2. The summed E-state index contributed by atoms with van der Waals surface area (Å²) in [6.07, 6.45) is 7.22. The highest BCUT2D eigenvalue weighted by molar-refractivity contribution is 6.04. The number of hydrogen-bond donors (Lipinski definition) is 1. The van der Waals surface area contributed by atoms with Crippen molar-refractivity contribution in [1.29, 1.82) is 0 Å². The summed E-state index contributed by atoms with van der Waals surface area (Å²) in [5.74, 6) is -0.213. The Labute approximate surface area is 177 Å². The van der Waals surface area contributed by atoms with Crippen molar-refractivity contribution in [3.8, 4) is 0 Å². The van der Waals surface area contributed by atoms with E-state index in [9.17, 15) is 9.59 Å². The molecule has 0 saturated carbocycles. The molecule has 5 nitrogen and oxygen atoms in total. The lowest BCUT2D eigenvalue weighted by Gasteiger charge is -2.26. The van der Waals surface area contributed by atoms with Gasteiger partial charge in [0.05, 0.1) is 11.4 Å². The van der Waals surface area contributed by atoms with E-state index in [0.717, 1.165) is 44.9 Å². The van der Waals surface area contributed by atoms with Crippen LogP contribution in [-0.4, -0.2) is 15.7 Å². The first-order chi connectivity index (χ1) is 14.7. The van der Waals surface area contributed by atoms with Crippen molar-refractivity contribution in [2.24, 2.45) is 0 Å². The maximum Gasteiger partial charge on any atom is 0.274 e. The summed E-state index contributed by atoms with van der Waals surface area (Å²) >= 11 is 0. The lowest BCUT2D eigenvalue weighted by Crippen LogP contribution is -2.34. The fraction of sp³-hybridized carbons (Fsp3) is 0.400. The molecule has 1 atom stereocenters. The van der Waals surface area contributed by atoms with E-state index in [4.69, 9.17) is 0 Å². The molecule has 0 fully saturated rings. The summed E-state index contributed by atoms with van der Waals surface area (Å²) in [6, 6.07) is 15.6. The number of unbranched alkanes of at least 4 members (excludes halogenated alkanes) is 3. The van der Waals surface area contributed by atoms with E-state index < -0.39 is 0 Å². The van der Waals surface area contributed by atoms with E-state index in [0.29, 0.717) is 23.0 Å². The Hall–Kier alpha value is -2.95. The summed E-state index contributed by atoms with van der Waals surface area (Å²) in [5, 5.41) is 8.87. The largest absolute Gasteiger partial charge is 0.344 e. The molecule has 0 bridgehead atoms. The molecule has 0 aliphatic heterocycles. The summed E-state index contributed by atoms with van der Waals surface area (Å²) in [6.45, 7) is 2.70. The first kappa shape index (κ1) is 20.3. The standard InChI is InChI=1S/C25H29N3O2/c1-2-3-4-9-17-28-25(30)21-15-8-7-14-20(21)23(27-28)24(29)26-22-16-10-12-18-11-5-6-13-19(18)22/h5-8,11,13-15,22H,2-4,9-10,12,16-17H2,1H3,(H,26,29). The van der Waals surface area contributed by atoms with Crippen LogP contribution in [0.3, 0.4) is 0 Å². The van der Waals surface area contributed by atoms with Crippen LogP contribution in [0.1, 0.15) is 73.1 Å². The van der Waals surface area contributed by atoms with Gasteiger partial charge in [-0.15, -0.1) is 0 Å². The van der Waals surface area contributed by atoms with Gasteiger partial charge in [0, 0.05) is 11.9 Å². The van der Waals surface area contributed by atoms with Gasteiger partial charge in [-0.25, -0.2) is 4.68 Å². The van der Waals surface area contributed by atoms with Gasteiger partial charge in [-0.3, -0.25) is 9.59 Å². The molecule has 1 amide bonds. The molecule has 1 N–H and O–H groups in total. The van der Waals surface area contributed by atoms with Gasteiger partial charge >= 0.3 is 0 Å². The predicted octanol–water partition coefficient (Wildman–Crippen LogP) is 4.78. The fourth-order valence-corrected chi connectivity index (χ4v) is 4.37. The van der Waals surface area contributed by atoms with Crippen LogP contribution < -0.4 is 10.9 Å². The van der Waals surface area contributed by atoms with Crippen LogP contribution in [0.15, 0.2) is 53.3 Å². The zero-order valence-electron chi connectivity index (χ0n) is 17.6. The maximum absolute atomic E-state index is 13.3. The average molecular weight is 404 g/mol. The third-order valence-corrected chi connectivity index (χ3v) is 5.98. The van der Waals surface area contributed by atoms with Crippen LogP contribution >= 0.6 is 0 Å². The van der Waals surface area contributed by atoms with E-state index >= 15 is 0 Å². The van der Waals surface area contributed by atoms with Gasteiger partial charge in [-0.05, 0) is 42.9 Å². The molecule has 4 rings (SSSR count). The molecule has 1 aliphatic carbocycles. The molecule has 1 unspecified atom stereocenters. The van der Waals surface area contributed by atoms with E-state index in [1.807, 2.05) is 30.3 Å². The summed E-state index contributed by atoms with van der Waals surface area (Å²) in [7, 11) is 0. The van der Waals surface area contributed by atoms with Crippen LogP contribution in [0.25, 0.3) is 10.8 Å². The van der Waals surface area contributed by atoms with Crippen LogP contribution in [-0.2, 0) is 13.0 Å². The van der Waals surface area contributed by atoms with Crippen molar-refractivity contribution in [3.05, 3.63) is 75.7 Å². The molecule has 1 aromatic heterocycles. The SMILES string of the molecule is CCCCCCn1nc(C(=O)NC2CCCc3ccccc32)c2ccccc2c1=O. The third kappa shape index (κ3) is 4.16. The average Bonchev–Trinajstić information content (AvgIpc) is 2.78. The molecule has 3 aromatic rings. The number of rotatable bonds is 7. The van der Waals surface area contributed by atoms with Gasteiger partial charge < -0.3 is 5.32 Å². The first-order valence-corrected chi connectivity index (χ1v) is 11.1. The minimum absolute atomic E-state index is 0.0204. The molecule has 2 aromatic carbocycles. The second kappa shape index (κ2) is 9.24. The second-order valence-corrected chi connectivity index (χ2v) is 8.10. The fourth-order valence-electron chi connectivity index (χ4n) is 4.37. The molecule has 1 aliphatic rings. The summed E-state index contributed by atoms with van der Waals surface area (Å²) in [4.78, 5) is 26.2. The van der Waals surface area contributed by atoms with Crippen molar-refractivity contribution < 1.29 is 4.79 Å². The molecule has 1 heterocycles. The molecule has 30 heavy (non-hydrogen) atoms. The Morgan fingerprint density at radius 3 is 2.67 bits per heavy atom. The van der Waals surface area contributed by atoms with Crippen molar-refractivity contribution in [2.45, 2.75) is 64.5 Å². The Morgan fingerprint density at radius 1 is 1.07 bits per heavy atom. The quantitative estimate of drug-likeness (QED) is 0.577. The first-order valence-electron chi connectivity index (χ1n) is 11.1. The number of aromatic nitrogens is 2. The summed E-state index contributed by atoms with van der Waals surface area (Å²) in [5.41, 5.74) is 2.70. The predicted molar refractivity (Wildman–Crippen MR) is 120 cm³/mol. The highest BCUT2D eigenvalue weighted by Gasteiger charge is 2.24. The molecule has 5 heteroatoms. The lowest BCUT2D eigenvalue weighted by atomic mass is 9.87. The van der Waals surface area contributed by atoms with Crippen molar-refractivity contribution in [2.75, 3.05) is 0 Å². The third-order valence-electron chi connectivity index (χ3n) is 5.98. The molecular formula is C25H29N3O2. The van der Waals surface area contributed by atoms with Crippen molar-refractivity contribution in [1.82, 2.24) is 15.1 Å². The van der Waals surface area contributed by atoms with Gasteiger partial charge in [0.2, 0.25) is 0 Å². The molecule has 0 radical (unpaired) electrons. The number of benzene rings is 2. The Morgan fingerprint density at radius 2 is 1.83 bits per heavy atom.